The van der Waals surface area contributed by atoms with E-state index in [0.717, 1.165) is 37.5 Å². The maximum absolute atomic E-state index is 6.08. The Morgan fingerprint density at radius 3 is 2.50 bits per heavy atom. The van der Waals surface area contributed by atoms with Crippen LogP contribution in [0.3, 0.4) is 0 Å². The molecule has 20 heavy (non-hydrogen) atoms. The van der Waals surface area contributed by atoms with E-state index in [1.807, 2.05) is 6.07 Å². The molecule has 2 rings (SSSR count). The molecule has 0 amide bonds. The highest BCUT2D eigenvalue weighted by Gasteiger charge is 2.15. The van der Waals surface area contributed by atoms with E-state index in [9.17, 15) is 0 Å². The first-order chi connectivity index (χ1) is 9.65. The fraction of sp³-hybridized carbons (Fsp3) is 0.529. The second-order valence-corrected chi connectivity index (χ2v) is 5.50. The van der Waals surface area contributed by atoms with Crippen LogP contribution in [0.5, 0.6) is 0 Å². The Morgan fingerprint density at radius 2 is 1.85 bits per heavy atom. The van der Waals surface area contributed by atoms with Crippen molar-refractivity contribution < 1.29 is 4.42 Å². The zero-order valence-corrected chi connectivity index (χ0v) is 13.1. The maximum Gasteiger partial charge on any atom is 0.134 e. The van der Waals surface area contributed by atoms with Gasteiger partial charge in [0.05, 0.1) is 6.54 Å². The third-order valence-corrected chi connectivity index (χ3v) is 3.73. The molecular weight excluding hydrogens is 248 g/mol. The highest BCUT2D eigenvalue weighted by molar-refractivity contribution is 5.82. The highest BCUT2D eigenvalue weighted by atomic mass is 16.3. The summed E-state index contributed by atoms with van der Waals surface area (Å²) in [6.45, 7) is 12.6. The van der Waals surface area contributed by atoms with Crippen LogP contribution >= 0.6 is 0 Å². The number of hydrogen-bond acceptors (Lipinski definition) is 3. The summed E-state index contributed by atoms with van der Waals surface area (Å²) in [6.07, 6.45) is 0. The maximum atomic E-state index is 6.08. The molecule has 0 aliphatic rings. The summed E-state index contributed by atoms with van der Waals surface area (Å²) in [4.78, 5) is 2.39. The first kappa shape index (κ1) is 15.1. The number of nitrogens with zero attached hydrogens (tertiary/aromatic N) is 1. The zero-order valence-electron chi connectivity index (χ0n) is 13.1. The third-order valence-electron chi connectivity index (χ3n) is 3.73. The van der Waals surface area contributed by atoms with Crippen molar-refractivity contribution in [2.24, 2.45) is 0 Å². The molecule has 3 heteroatoms. The SMILES string of the molecule is CCN(CC)Cc1oc2ccccc2c1CNC(C)C. The quantitative estimate of drug-likeness (QED) is 0.833. The molecule has 0 atom stereocenters. The van der Waals surface area contributed by atoms with Crippen molar-refractivity contribution >= 4 is 11.0 Å². The van der Waals surface area contributed by atoms with Crippen LogP contribution in [0.4, 0.5) is 0 Å². The fourth-order valence-corrected chi connectivity index (χ4v) is 2.43. The normalized spacial score (nSPS) is 11.9. The molecule has 1 N–H and O–H groups in total. The van der Waals surface area contributed by atoms with E-state index in [4.69, 9.17) is 4.42 Å². The van der Waals surface area contributed by atoms with E-state index in [-0.39, 0.29) is 0 Å². The lowest BCUT2D eigenvalue weighted by Gasteiger charge is -2.17. The molecule has 0 bridgehead atoms. The van der Waals surface area contributed by atoms with Gasteiger partial charge < -0.3 is 9.73 Å². The fourth-order valence-electron chi connectivity index (χ4n) is 2.43. The Balaban J connectivity index is 2.33. The number of para-hydroxylation sites is 1. The van der Waals surface area contributed by atoms with Crippen LogP contribution in [-0.4, -0.2) is 24.0 Å². The third kappa shape index (κ3) is 3.41. The molecule has 0 saturated carbocycles. The molecule has 110 valence electrons. The minimum absolute atomic E-state index is 0.477. The molecule has 1 aromatic carbocycles. The second kappa shape index (κ2) is 6.91. The Hall–Kier alpha value is -1.32. The standard InChI is InChI=1S/C17H26N2O/c1-5-19(6-2)12-17-15(11-18-13(3)4)14-9-7-8-10-16(14)20-17/h7-10,13,18H,5-6,11-12H2,1-4H3. The summed E-state index contributed by atoms with van der Waals surface area (Å²) in [7, 11) is 0. The lowest BCUT2D eigenvalue weighted by Crippen LogP contribution is -2.25. The molecule has 0 fully saturated rings. The van der Waals surface area contributed by atoms with Crippen molar-refractivity contribution in [3.8, 4) is 0 Å². The van der Waals surface area contributed by atoms with Gasteiger partial charge in [-0.05, 0) is 19.2 Å². The van der Waals surface area contributed by atoms with Gasteiger partial charge in [-0.25, -0.2) is 0 Å². The molecule has 1 aromatic heterocycles. The molecule has 1 heterocycles. The van der Waals surface area contributed by atoms with E-state index in [2.05, 4.69) is 56.1 Å². The summed E-state index contributed by atoms with van der Waals surface area (Å²) < 4.78 is 6.08. The van der Waals surface area contributed by atoms with E-state index in [1.54, 1.807) is 0 Å². The molecule has 3 nitrogen and oxygen atoms in total. The van der Waals surface area contributed by atoms with Crippen molar-refractivity contribution in [3.05, 3.63) is 35.6 Å². The van der Waals surface area contributed by atoms with Crippen LogP contribution in [0.1, 0.15) is 39.0 Å². The predicted octanol–water partition coefficient (Wildman–Crippen LogP) is 3.77. The first-order valence-corrected chi connectivity index (χ1v) is 7.60. The number of benzene rings is 1. The summed E-state index contributed by atoms with van der Waals surface area (Å²) >= 11 is 0. The minimum atomic E-state index is 0.477. The lowest BCUT2D eigenvalue weighted by molar-refractivity contribution is 0.270. The zero-order chi connectivity index (χ0) is 14.5. The molecular formula is C17H26N2O. The Morgan fingerprint density at radius 1 is 1.15 bits per heavy atom. The van der Waals surface area contributed by atoms with Gasteiger partial charge in [-0.2, -0.15) is 0 Å². The van der Waals surface area contributed by atoms with Crippen LogP contribution in [0.25, 0.3) is 11.0 Å². The van der Waals surface area contributed by atoms with Crippen molar-refractivity contribution in [1.29, 1.82) is 0 Å². The Bertz CT molecular complexity index is 541. The van der Waals surface area contributed by atoms with Crippen molar-refractivity contribution in [2.45, 2.75) is 46.8 Å². The predicted molar refractivity (Wildman–Crippen MR) is 84.8 cm³/mol. The van der Waals surface area contributed by atoms with Gasteiger partial charge in [-0.15, -0.1) is 0 Å². The topological polar surface area (TPSA) is 28.4 Å². The van der Waals surface area contributed by atoms with E-state index < -0.39 is 0 Å². The first-order valence-electron chi connectivity index (χ1n) is 7.60. The molecule has 0 radical (unpaired) electrons. The average Bonchev–Trinajstić information content (AvgIpc) is 2.79. The van der Waals surface area contributed by atoms with Gasteiger partial charge in [-0.1, -0.05) is 45.9 Å². The molecule has 0 aliphatic carbocycles. The van der Waals surface area contributed by atoms with Crippen LogP contribution in [-0.2, 0) is 13.1 Å². The molecule has 0 aliphatic heterocycles. The van der Waals surface area contributed by atoms with Crippen molar-refractivity contribution in [2.75, 3.05) is 13.1 Å². The molecule has 0 unspecified atom stereocenters. The molecule has 0 saturated heterocycles. The Labute approximate surface area is 122 Å². The van der Waals surface area contributed by atoms with Gasteiger partial charge in [0.25, 0.3) is 0 Å². The van der Waals surface area contributed by atoms with Crippen LogP contribution in [0, 0.1) is 0 Å². The van der Waals surface area contributed by atoms with Gasteiger partial charge in [0.2, 0.25) is 0 Å². The van der Waals surface area contributed by atoms with Gasteiger partial charge in [0.1, 0.15) is 11.3 Å². The summed E-state index contributed by atoms with van der Waals surface area (Å²) in [5.41, 5.74) is 2.30. The van der Waals surface area contributed by atoms with E-state index >= 15 is 0 Å². The van der Waals surface area contributed by atoms with Gasteiger partial charge in [-0.3, -0.25) is 4.90 Å². The summed E-state index contributed by atoms with van der Waals surface area (Å²) in [5.74, 6) is 1.10. The minimum Gasteiger partial charge on any atom is -0.459 e. The monoisotopic (exact) mass is 274 g/mol. The number of hydrogen-bond donors (Lipinski definition) is 1. The van der Waals surface area contributed by atoms with Crippen LogP contribution < -0.4 is 5.32 Å². The molecule has 0 spiro atoms. The number of furan rings is 1. The van der Waals surface area contributed by atoms with E-state index in [1.165, 1.54) is 10.9 Å². The molecule has 2 aromatic rings. The number of nitrogens with one attached hydrogen (secondary N) is 1. The highest BCUT2D eigenvalue weighted by Crippen LogP contribution is 2.27. The lowest BCUT2D eigenvalue weighted by atomic mass is 10.1. The Kier molecular flexibility index (Phi) is 5.21. The number of fused-ring (bicyclic) bond motifs is 1. The van der Waals surface area contributed by atoms with E-state index in [0.29, 0.717) is 6.04 Å². The summed E-state index contributed by atoms with van der Waals surface area (Å²) in [5, 5.41) is 4.75. The van der Waals surface area contributed by atoms with Crippen molar-refractivity contribution in [3.63, 3.8) is 0 Å². The van der Waals surface area contributed by atoms with Gasteiger partial charge >= 0.3 is 0 Å². The number of rotatable bonds is 7. The largest absolute Gasteiger partial charge is 0.459 e. The van der Waals surface area contributed by atoms with Gasteiger partial charge in [0.15, 0.2) is 0 Å². The van der Waals surface area contributed by atoms with Gasteiger partial charge in [0, 0.05) is 23.5 Å². The van der Waals surface area contributed by atoms with Crippen LogP contribution in [0.2, 0.25) is 0 Å². The smallest absolute Gasteiger partial charge is 0.134 e. The average molecular weight is 274 g/mol. The second-order valence-electron chi connectivity index (χ2n) is 5.50. The summed E-state index contributed by atoms with van der Waals surface area (Å²) in [6, 6.07) is 8.80. The van der Waals surface area contributed by atoms with Crippen molar-refractivity contribution in [1.82, 2.24) is 10.2 Å². The van der Waals surface area contributed by atoms with Crippen LogP contribution in [0.15, 0.2) is 28.7 Å².